The van der Waals surface area contributed by atoms with Crippen LogP contribution in [0.2, 0.25) is 0 Å². The number of amides is 1. The SMILES string of the molecule is CCOCc1cc(OC)c(-c2ccc(C(CC)[C@H](NC(=O)OC(C)(C)C)C(=O)O)cc2)c(OC)c1. The highest BCUT2D eigenvalue weighted by molar-refractivity contribution is 5.81. The van der Waals surface area contributed by atoms with Crippen molar-refractivity contribution in [1.29, 1.82) is 0 Å². The monoisotopic (exact) mass is 487 g/mol. The number of ether oxygens (including phenoxy) is 4. The predicted molar refractivity (Wildman–Crippen MR) is 134 cm³/mol. The topological polar surface area (TPSA) is 103 Å². The lowest BCUT2D eigenvalue weighted by Crippen LogP contribution is -2.46. The maximum Gasteiger partial charge on any atom is 0.408 e. The molecule has 2 aromatic carbocycles. The standard InChI is InChI=1S/C27H37NO7/c1-8-20(24(25(29)30)28-26(31)35-27(3,4)5)18-10-12-19(13-11-18)23-21(32-6)14-17(16-34-9-2)15-22(23)33-7/h10-15,20,24H,8-9,16H2,1-7H3,(H,28,31)(H,29,30)/t20?,24-/m0/s1. The van der Waals surface area contributed by atoms with Gasteiger partial charge in [0.1, 0.15) is 23.1 Å². The fraction of sp³-hybridized carbons (Fsp3) is 0.481. The minimum Gasteiger partial charge on any atom is -0.496 e. The zero-order valence-electron chi connectivity index (χ0n) is 21.6. The lowest BCUT2D eigenvalue weighted by atomic mass is 9.88. The molecule has 0 heterocycles. The summed E-state index contributed by atoms with van der Waals surface area (Å²) in [5.41, 5.74) is 2.63. The van der Waals surface area contributed by atoms with Gasteiger partial charge in [-0.05, 0) is 62.9 Å². The molecule has 35 heavy (non-hydrogen) atoms. The number of rotatable bonds is 11. The van der Waals surface area contributed by atoms with E-state index in [2.05, 4.69) is 5.32 Å². The van der Waals surface area contributed by atoms with Gasteiger partial charge in [0.25, 0.3) is 0 Å². The molecule has 0 saturated heterocycles. The third kappa shape index (κ3) is 7.62. The molecule has 1 unspecified atom stereocenters. The van der Waals surface area contributed by atoms with Crippen molar-refractivity contribution in [3.05, 3.63) is 47.5 Å². The van der Waals surface area contributed by atoms with E-state index in [0.29, 0.717) is 31.1 Å². The summed E-state index contributed by atoms with van der Waals surface area (Å²) < 4.78 is 22.1. The summed E-state index contributed by atoms with van der Waals surface area (Å²) in [7, 11) is 3.20. The van der Waals surface area contributed by atoms with Crippen molar-refractivity contribution in [3.63, 3.8) is 0 Å². The van der Waals surface area contributed by atoms with Gasteiger partial charge in [0, 0.05) is 12.5 Å². The van der Waals surface area contributed by atoms with Crippen molar-refractivity contribution in [3.8, 4) is 22.6 Å². The Morgan fingerprint density at radius 1 is 1.00 bits per heavy atom. The van der Waals surface area contributed by atoms with E-state index in [-0.39, 0.29) is 0 Å². The molecule has 8 nitrogen and oxygen atoms in total. The Kier molecular flexibility index (Phi) is 9.95. The van der Waals surface area contributed by atoms with E-state index in [1.54, 1.807) is 35.0 Å². The largest absolute Gasteiger partial charge is 0.496 e. The highest BCUT2D eigenvalue weighted by Gasteiger charge is 2.31. The number of aliphatic carboxylic acids is 1. The molecular formula is C27H37NO7. The molecule has 0 aliphatic heterocycles. The molecule has 0 aliphatic carbocycles. The number of carboxylic acid groups (broad SMARTS) is 1. The lowest BCUT2D eigenvalue weighted by Gasteiger charge is -2.26. The van der Waals surface area contributed by atoms with Crippen LogP contribution < -0.4 is 14.8 Å². The van der Waals surface area contributed by atoms with E-state index in [4.69, 9.17) is 18.9 Å². The highest BCUT2D eigenvalue weighted by Crippen LogP contribution is 2.40. The second kappa shape index (κ2) is 12.4. The van der Waals surface area contributed by atoms with Crippen LogP contribution in [0, 0.1) is 0 Å². The zero-order valence-corrected chi connectivity index (χ0v) is 21.6. The first kappa shape index (κ1) is 28.0. The van der Waals surface area contributed by atoms with E-state index < -0.39 is 29.6 Å². The molecule has 0 radical (unpaired) electrons. The van der Waals surface area contributed by atoms with Gasteiger partial charge in [0.05, 0.1) is 26.4 Å². The Bertz CT molecular complexity index is 971. The van der Waals surface area contributed by atoms with Gasteiger partial charge in [-0.25, -0.2) is 9.59 Å². The first-order valence-corrected chi connectivity index (χ1v) is 11.7. The van der Waals surface area contributed by atoms with E-state index in [1.807, 2.05) is 50.2 Å². The highest BCUT2D eigenvalue weighted by atomic mass is 16.6. The maximum atomic E-state index is 12.3. The zero-order chi connectivity index (χ0) is 26.2. The Balaban J connectivity index is 2.38. The number of alkyl carbamates (subject to hydrolysis) is 1. The third-order valence-electron chi connectivity index (χ3n) is 5.45. The molecule has 0 aliphatic rings. The second-order valence-corrected chi connectivity index (χ2v) is 9.11. The number of carbonyl (C=O) groups excluding carboxylic acids is 1. The van der Waals surface area contributed by atoms with E-state index in [1.165, 1.54) is 0 Å². The van der Waals surface area contributed by atoms with Crippen LogP contribution in [0.1, 0.15) is 58.1 Å². The van der Waals surface area contributed by atoms with Crippen molar-refractivity contribution in [1.82, 2.24) is 5.32 Å². The lowest BCUT2D eigenvalue weighted by molar-refractivity contribution is -0.140. The minimum atomic E-state index is -1.14. The van der Waals surface area contributed by atoms with Gasteiger partial charge < -0.3 is 29.4 Å². The van der Waals surface area contributed by atoms with Crippen LogP contribution in [-0.4, -0.2) is 49.6 Å². The third-order valence-corrected chi connectivity index (χ3v) is 5.45. The average molecular weight is 488 g/mol. The quantitative estimate of drug-likeness (QED) is 0.439. The molecule has 2 atom stereocenters. The summed E-state index contributed by atoms with van der Waals surface area (Å²) >= 11 is 0. The van der Waals surface area contributed by atoms with Crippen LogP contribution in [0.5, 0.6) is 11.5 Å². The Morgan fingerprint density at radius 3 is 2.00 bits per heavy atom. The second-order valence-electron chi connectivity index (χ2n) is 9.11. The number of nitrogens with one attached hydrogen (secondary N) is 1. The van der Waals surface area contributed by atoms with Gasteiger partial charge in [-0.2, -0.15) is 0 Å². The van der Waals surface area contributed by atoms with Crippen LogP contribution in [0.3, 0.4) is 0 Å². The molecule has 2 rings (SSSR count). The number of methoxy groups -OCH3 is 2. The average Bonchev–Trinajstić information content (AvgIpc) is 2.81. The van der Waals surface area contributed by atoms with Crippen molar-refractivity contribution in [2.24, 2.45) is 0 Å². The number of carboxylic acids is 1. The maximum absolute atomic E-state index is 12.3. The van der Waals surface area contributed by atoms with Crippen LogP contribution in [-0.2, 0) is 20.9 Å². The first-order valence-electron chi connectivity index (χ1n) is 11.7. The van der Waals surface area contributed by atoms with Crippen molar-refractivity contribution in [2.75, 3.05) is 20.8 Å². The van der Waals surface area contributed by atoms with Crippen molar-refractivity contribution in [2.45, 2.75) is 65.2 Å². The minimum absolute atomic E-state index is 0.446. The summed E-state index contributed by atoms with van der Waals surface area (Å²) in [5, 5.41) is 12.3. The van der Waals surface area contributed by atoms with E-state index >= 15 is 0 Å². The Labute approximate surface area is 207 Å². The van der Waals surface area contributed by atoms with Crippen LogP contribution >= 0.6 is 0 Å². The van der Waals surface area contributed by atoms with Crippen LogP contribution in [0.25, 0.3) is 11.1 Å². The normalized spacial score (nSPS) is 13.0. The molecular weight excluding hydrogens is 450 g/mol. The van der Waals surface area contributed by atoms with E-state index in [9.17, 15) is 14.7 Å². The first-order chi connectivity index (χ1) is 16.5. The molecule has 2 aromatic rings. The summed E-state index contributed by atoms with van der Waals surface area (Å²) in [6.45, 7) is 10.0. The summed E-state index contributed by atoms with van der Waals surface area (Å²) in [4.78, 5) is 24.3. The number of hydrogen-bond acceptors (Lipinski definition) is 6. The van der Waals surface area contributed by atoms with Gasteiger partial charge in [0.15, 0.2) is 0 Å². The molecule has 8 heteroatoms. The van der Waals surface area contributed by atoms with Gasteiger partial charge in [0.2, 0.25) is 0 Å². The fourth-order valence-electron chi connectivity index (χ4n) is 3.88. The molecule has 0 bridgehead atoms. The Morgan fingerprint density at radius 2 is 1.57 bits per heavy atom. The van der Waals surface area contributed by atoms with Gasteiger partial charge in [-0.15, -0.1) is 0 Å². The van der Waals surface area contributed by atoms with Gasteiger partial charge >= 0.3 is 12.1 Å². The molecule has 2 N–H and O–H groups in total. The number of benzene rings is 2. The molecule has 0 spiro atoms. The van der Waals surface area contributed by atoms with Crippen molar-refractivity contribution >= 4 is 12.1 Å². The molecule has 0 fully saturated rings. The van der Waals surface area contributed by atoms with E-state index in [0.717, 1.165) is 22.3 Å². The molecule has 0 saturated carbocycles. The summed E-state index contributed by atoms with van der Waals surface area (Å²) in [5.74, 6) is -0.283. The predicted octanol–water partition coefficient (Wildman–Crippen LogP) is 5.38. The van der Waals surface area contributed by atoms with Gasteiger partial charge in [-0.1, -0.05) is 31.2 Å². The fourth-order valence-corrected chi connectivity index (χ4v) is 3.88. The summed E-state index contributed by atoms with van der Waals surface area (Å²) in [6, 6.07) is 10.2. The number of carbonyl (C=O) groups is 2. The molecule has 0 aromatic heterocycles. The van der Waals surface area contributed by atoms with Crippen molar-refractivity contribution < 1.29 is 33.6 Å². The van der Waals surface area contributed by atoms with Crippen LogP contribution in [0.4, 0.5) is 4.79 Å². The Hall–Kier alpha value is -3.26. The van der Waals surface area contributed by atoms with Gasteiger partial charge in [-0.3, -0.25) is 0 Å². The molecule has 1 amide bonds. The smallest absolute Gasteiger partial charge is 0.408 e. The number of hydrogen-bond donors (Lipinski definition) is 2. The van der Waals surface area contributed by atoms with Crippen LogP contribution in [0.15, 0.2) is 36.4 Å². The molecule has 192 valence electrons. The summed E-state index contributed by atoms with van der Waals surface area (Å²) in [6.07, 6.45) is -0.258.